The third-order valence-electron chi connectivity index (χ3n) is 2.15. The van der Waals surface area contributed by atoms with E-state index in [-0.39, 0.29) is 0 Å². The topological polar surface area (TPSA) is 38.3 Å². The van der Waals surface area contributed by atoms with Crippen molar-refractivity contribution in [1.82, 2.24) is 5.32 Å². The van der Waals surface area contributed by atoms with Crippen LogP contribution in [0, 0.1) is 0 Å². The molecule has 0 saturated heterocycles. The number of ether oxygens (including phenoxy) is 1. The van der Waals surface area contributed by atoms with Gasteiger partial charge in [0.05, 0.1) is 6.61 Å². The Labute approximate surface area is 99.7 Å². The molecule has 0 saturated carbocycles. The van der Waals surface area contributed by atoms with Crippen molar-refractivity contribution in [3.8, 4) is 5.75 Å². The van der Waals surface area contributed by atoms with Crippen LogP contribution in [0.4, 0.5) is 0 Å². The molecule has 0 amide bonds. The van der Waals surface area contributed by atoms with Gasteiger partial charge in [0.2, 0.25) is 0 Å². The molecule has 16 heavy (non-hydrogen) atoms. The molecule has 0 heterocycles. The summed E-state index contributed by atoms with van der Waals surface area (Å²) in [6, 6.07) is 7.98. The fraction of sp³-hybridized carbons (Fsp3) is 0.500. The van der Waals surface area contributed by atoms with E-state index < -0.39 is 10.8 Å². The molecule has 0 spiro atoms. The van der Waals surface area contributed by atoms with E-state index in [1.54, 1.807) is 6.26 Å². The van der Waals surface area contributed by atoms with Gasteiger partial charge in [-0.3, -0.25) is 4.21 Å². The van der Waals surface area contributed by atoms with E-state index >= 15 is 0 Å². The summed E-state index contributed by atoms with van der Waals surface area (Å²) in [5.74, 6) is 1.62. The Balaban J connectivity index is 2.43. The molecule has 0 bridgehead atoms. The number of rotatable bonds is 7. The summed E-state index contributed by atoms with van der Waals surface area (Å²) in [7, 11) is -0.726. The minimum absolute atomic E-state index is 0.677. The molecule has 1 rings (SSSR count). The molecule has 0 fully saturated rings. The van der Waals surface area contributed by atoms with E-state index in [0.717, 1.165) is 24.4 Å². The molecule has 1 atom stereocenters. The number of para-hydroxylation sites is 1. The molecule has 90 valence electrons. The first kappa shape index (κ1) is 13.2. The quantitative estimate of drug-likeness (QED) is 0.736. The second kappa shape index (κ2) is 7.41. The number of hydrogen-bond acceptors (Lipinski definition) is 3. The van der Waals surface area contributed by atoms with Crippen LogP contribution in [0.5, 0.6) is 5.75 Å². The van der Waals surface area contributed by atoms with Gasteiger partial charge in [-0.2, -0.15) is 0 Å². The lowest BCUT2D eigenvalue weighted by atomic mass is 10.2. The smallest absolute Gasteiger partial charge is 0.123 e. The van der Waals surface area contributed by atoms with Crippen molar-refractivity contribution >= 4 is 10.8 Å². The van der Waals surface area contributed by atoms with Gasteiger partial charge in [-0.05, 0) is 13.0 Å². The van der Waals surface area contributed by atoms with E-state index in [2.05, 4.69) is 5.32 Å². The number of nitrogens with one attached hydrogen (secondary N) is 1. The summed E-state index contributed by atoms with van der Waals surface area (Å²) in [6.45, 7) is 4.18. The molecule has 3 nitrogen and oxygen atoms in total. The average molecular weight is 241 g/mol. The first-order valence-electron chi connectivity index (χ1n) is 5.45. The van der Waals surface area contributed by atoms with Gasteiger partial charge in [0.25, 0.3) is 0 Å². The van der Waals surface area contributed by atoms with Gasteiger partial charge in [-0.25, -0.2) is 0 Å². The largest absolute Gasteiger partial charge is 0.494 e. The lowest BCUT2D eigenvalue weighted by Gasteiger charge is -2.10. The number of hydrogen-bond donors (Lipinski definition) is 1. The van der Waals surface area contributed by atoms with Crippen LogP contribution in [-0.2, 0) is 17.3 Å². The van der Waals surface area contributed by atoms with Crippen LogP contribution in [0.1, 0.15) is 12.5 Å². The summed E-state index contributed by atoms with van der Waals surface area (Å²) in [5, 5.41) is 3.26. The highest BCUT2D eigenvalue weighted by atomic mass is 32.2. The van der Waals surface area contributed by atoms with Gasteiger partial charge < -0.3 is 10.1 Å². The normalized spacial score (nSPS) is 12.4. The summed E-state index contributed by atoms with van der Waals surface area (Å²) in [4.78, 5) is 0. The maximum atomic E-state index is 10.9. The molecule has 0 aliphatic carbocycles. The summed E-state index contributed by atoms with van der Waals surface area (Å²) >= 11 is 0. The molecule has 1 aromatic rings. The van der Waals surface area contributed by atoms with Crippen LogP contribution < -0.4 is 10.1 Å². The van der Waals surface area contributed by atoms with Crippen LogP contribution in [0.15, 0.2) is 24.3 Å². The zero-order chi connectivity index (χ0) is 11.8. The average Bonchev–Trinajstić information content (AvgIpc) is 2.26. The minimum Gasteiger partial charge on any atom is -0.494 e. The van der Waals surface area contributed by atoms with Gasteiger partial charge in [0.15, 0.2) is 0 Å². The van der Waals surface area contributed by atoms with Crippen molar-refractivity contribution in [3.63, 3.8) is 0 Å². The molecular weight excluding hydrogens is 222 g/mol. The fourth-order valence-corrected chi connectivity index (χ4v) is 1.82. The highest BCUT2D eigenvalue weighted by Crippen LogP contribution is 2.17. The Kier molecular flexibility index (Phi) is 6.11. The predicted octanol–water partition coefficient (Wildman–Crippen LogP) is 1.55. The Bertz CT molecular complexity index is 342. The SMILES string of the molecule is CCOc1ccccc1CNCCS(C)=O. The Hall–Kier alpha value is -0.870. The van der Waals surface area contributed by atoms with Crippen molar-refractivity contribution in [2.24, 2.45) is 0 Å². The van der Waals surface area contributed by atoms with Crippen molar-refractivity contribution in [3.05, 3.63) is 29.8 Å². The summed E-state index contributed by atoms with van der Waals surface area (Å²) in [5.41, 5.74) is 1.14. The van der Waals surface area contributed by atoms with Crippen molar-refractivity contribution in [2.75, 3.05) is 25.2 Å². The third-order valence-corrected chi connectivity index (χ3v) is 2.93. The van der Waals surface area contributed by atoms with E-state index in [1.807, 2.05) is 31.2 Å². The summed E-state index contributed by atoms with van der Waals surface area (Å²) in [6.07, 6.45) is 1.72. The molecule has 0 aliphatic rings. The van der Waals surface area contributed by atoms with Crippen LogP contribution in [0.3, 0.4) is 0 Å². The minimum atomic E-state index is -0.726. The molecule has 1 aromatic carbocycles. The number of benzene rings is 1. The van der Waals surface area contributed by atoms with Crippen LogP contribution in [0.25, 0.3) is 0 Å². The van der Waals surface area contributed by atoms with Gasteiger partial charge in [-0.15, -0.1) is 0 Å². The molecule has 4 heteroatoms. The maximum absolute atomic E-state index is 10.9. The van der Waals surface area contributed by atoms with Crippen LogP contribution in [-0.4, -0.2) is 29.4 Å². The Morgan fingerprint density at radius 3 is 2.81 bits per heavy atom. The molecule has 1 N–H and O–H groups in total. The van der Waals surface area contributed by atoms with Gasteiger partial charge >= 0.3 is 0 Å². The van der Waals surface area contributed by atoms with Crippen LogP contribution >= 0.6 is 0 Å². The summed E-state index contributed by atoms with van der Waals surface area (Å²) < 4.78 is 16.4. The highest BCUT2D eigenvalue weighted by molar-refractivity contribution is 7.84. The van der Waals surface area contributed by atoms with E-state index in [4.69, 9.17) is 4.74 Å². The van der Waals surface area contributed by atoms with Crippen molar-refractivity contribution in [2.45, 2.75) is 13.5 Å². The highest BCUT2D eigenvalue weighted by Gasteiger charge is 2.01. The third kappa shape index (κ3) is 4.77. The van der Waals surface area contributed by atoms with Crippen LogP contribution in [0.2, 0.25) is 0 Å². The first-order chi connectivity index (χ1) is 7.74. The molecule has 1 unspecified atom stereocenters. The molecule has 0 aromatic heterocycles. The van der Waals surface area contributed by atoms with E-state index in [9.17, 15) is 4.21 Å². The lowest BCUT2D eigenvalue weighted by molar-refractivity contribution is 0.335. The zero-order valence-electron chi connectivity index (χ0n) is 9.86. The Morgan fingerprint density at radius 1 is 1.38 bits per heavy atom. The van der Waals surface area contributed by atoms with Crippen molar-refractivity contribution < 1.29 is 8.95 Å². The standard InChI is InChI=1S/C12H19NO2S/c1-3-15-12-7-5-4-6-11(12)10-13-8-9-16(2)14/h4-7,13H,3,8-10H2,1-2H3. The maximum Gasteiger partial charge on any atom is 0.123 e. The lowest BCUT2D eigenvalue weighted by Crippen LogP contribution is -2.20. The second-order valence-electron chi connectivity index (χ2n) is 3.49. The van der Waals surface area contributed by atoms with E-state index in [1.165, 1.54) is 0 Å². The molecular formula is C12H19NO2S. The van der Waals surface area contributed by atoms with Gasteiger partial charge in [0.1, 0.15) is 5.75 Å². The van der Waals surface area contributed by atoms with Crippen molar-refractivity contribution in [1.29, 1.82) is 0 Å². The van der Waals surface area contributed by atoms with Gasteiger partial charge in [-0.1, -0.05) is 18.2 Å². The van der Waals surface area contributed by atoms with Gasteiger partial charge in [0, 0.05) is 41.5 Å². The molecule has 0 aliphatic heterocycles. The molecule has 0 radical (unpaired) electrons. The predicted molar refractivity (Wildman–Crippen MR) is 68.3 cm³/mol. The first-order valence-corrected chi connectivity index (χ1v) is 7.18. The Morgan fingerprint density at radius 2 is 2.12 bits per heavy atom. The zero-order valence-corrected chi connectivity index (χ0v) is 10.7. The second-order valence-corrected chi connectivity index (χ2v) is 5.05. The monoisotopic (exact) mass is 241 g/mol. The van der Waals surface area contributed by atoms with E-state index in [0.29, 0.717) is 12.4 Å². The fourth-order valence-electron chi connectivity index (χ4n) is 1.39.